The Kier molecular flexibility index (Phi) is 9.11. The van der Waals surface area contributed by atoms with E-state index in [0.29, 0.717) is 12.8 Å². The molecule has 0 aliphatic rings. The highest BCUT2D eigenvalue weighted by Crippen LogP contribution is 2.09. The molecule has 0 aliphatic carbocycles. The van der Waals surface area contributed by atoms with Crippen molar-refractivity contribution >= 4 is 17.9 Å². The molecule has 0 heterocycles. The number of primary amides is 1. The third kappa shape index (κ3) is 6.94. The third-order valence-electron chi connectivity index (χ3n) is 3.26. The van der Waals surface area contributed by atoms with E-state index >= 15 is 0 Å². The number of aliphatic hydroxyl groups is 1. The molecule has 0 bridgehead atoms. The van der Waals surface area contributed by atoms with Crippen LogP contribution in [0.1, 0.15) is 39.5 Å². The molecule has 8 heteroatoms. The van der Waals surface area contributed by atoms with Crippen LogP contribution in [0.25, 0.3) is 0 Å². The first-order valence-corrected chi connectivity index (χ1v) is 7.06. The highest BCUT2D eigenvalue weighted by Gasteiger charge is 2.26. The maximum atomic E-state index is 12.2. The van der Waals surface area contributed by atoms with Gasteiger partial charge in [0.1, 0.15) is 6.04 Å². The Morgan fingerprint density at radius 1 is 1.24 bits per heavy atom. The number of aliphatic carboxylic acids is 1. The maximum absolute atomic E-state index is 12.2. The van der Waals surface area contributed by atoms with Gasteiger partial charge in [-0.2, -0.15) is 0 Å². The second-order valence-corrected chi connectivity index (χ2v) is 4.73. The van der Waals surface area contributed by atoms with Crippen LogP contribution in [0.15, 0.2) is 0 Å². The average Bonchev–Trinajstić information content (AvgIpc) is 2.42. The van der Waals surface area contributed by atoms with Crippen molar-refractivity contribution in [3.63, 3.8) is 0 Å². The number of carbonyl (C=O) groups is 3. The van der Waals surface area contributed by atoms with Gasteiger partial charge in [-0.1, -0.05) is 13.8 Å². The minimum Gasteiger partial charge on any atom is -0.480 e. The minimum atomic E-state index is -1.22. The number of nitrogens with zero attached hydrogens (tertiary/aromatic N) is 1. The molecule has 3 amide bonds. The van der Waals surface area contributed by atoms with Gasteiger partial charge in [0.25, 0.3) is 0 Å². The summed E-state index contributed by atoms with van der Waals surface area (Å²) in [4.78, 5) is 35.4. The largest absolute Gasteiger partial charge is 0.480 e. The molecular weight excluding hydrogens is 278 g/mol. The van der Waals surface area contributed by atoms with Crippen molar-refractivity contribution in [2.45, 2.75) is 51.6 Å². The number of hydrogen-bond donors (Lipinski definition) is 4. The van der Waals surface area contributed by atoms with Gasteiger partial charge in [0.2, 0.25) is 5.91 Å². The summed E-state index contributed by atoms with van der Waals surface area (Å²) >= 11 is 0. The summed E-state index contributed by atoms with van der Waals surface area (Å²) in [6.45, 7) is 3.74. The van der Waals surface area contributed by atoms with Crippen molar-refractivity contribution < 1.29 is 24.6 Å². The summed E-state index contributed by atoms with van der Waals surface area (Å²) in [6.07, 6.45) is 1.21. The van der Waals surface area contributed by atoms with Crippen molar-refractivity contribution in [1.82, 2.24) is 10.2 Å². The number of amides is 3. The van der Waals surface area contributed by atoms with Crippen LogP contribution in [0.4, 0.5) is 4.79 Å². The molecule has 0 aromatic rings. The number of nitrogens with two attached hydrogens (primary N) is 1. The molecular formula is C13H25N3O5. The fourth-order valence-corrected chi connectivity index (χ4v) is 2.06. The predicted molar refractivity (Wildman–Crippen MR) is 76.5 cm³/mol. The van der Waals surface area contributed by atoms with Gasteiger partial charge in [0.05, 0.1) is 6.61 Å². The van der Waals surface area contributed by atoms with E-state index in [9.17, 15) is 14.4 Å². The Balaban J connectivity index is 4.81. The van der Waals surface area contributed by atoms with Gasteiger partial charge in [0, 0.05) is 19.0 Å². The van der Waals surface area contributed by atoms with Gasteiger partial charge in [-0.25, -0.2) is 9.59 Å². The van der Waals surface area contributed by atoms with Crippen LogP contribution < -0.4 is 11.1 Å². The van der Waals surface area contributed by atoms with E-state index in [2.05, 4.69) is 5.32 Å². The van der Waals surface area contributed by atoms with Crippen LogP contribution in [0.2, 0.25) is 0 Å². The topological polar surface area (TPSA) is 133 Å². The molecule has 0 radical (unpaired) electrons. The summed E-state index contributed by atoms with van der Waals surface area (Å²) in [7, 11) is 0. The van der Waals surface area contributed by atoms with Crippen LogP contribution in [-0.4, -0.2) is 58.3 Å². The Morgan fingerprint density at radius 2 is 1.81 bits per heavy atom. The maximum Gasteiger partial charge on any atom is 0.326 e. The van der Waals surface area contributed by atoms with E-state index in [1.165, 1.54) is 4.90 Å². The van der Waals surface area contributed by atoms with E-state index in [1.807, 2.05) is 13.8 Å². The number of carboxylic acids is 1. The molecule has 0 fully saturated rings. The fraction of sp³-hybridized carbons (Fsp3) is 0.769. The molecule has 21 heavy (non-hydrogen) atoms. The lowest BCUT2D eigenvalue weighted by atomic mass is 10.1. The van der Waals surface area contributed by atoms with Crippen LogP contribution in [0.5, 0.6) is 0 Å². The summed E-state index contributed by atoms with van der Waals surface area (Å²) < 4.78 is 0. The van der Waals surface area contributed by atoms with E-state index in [1.54, 1.807) is 0 Å². The molecule has 0 spiro atoms. The van der Waals surface area contributed by atoms with Crippen molar-refractivity contribution in [2.24, 2.45) is 5.73 Å². The minimum absolute atomic E-state index is 0.0632. The second kappa shape index (κ2) is 9.98. The van der Waals surface area contributed by atoms with E-state index in [0.717, 1.165) is 0 Å². The number of aliphatic hydroxyl groups excluding tert-OH is 1. The Hall–Kier alpha value is -1.83. The van der Waals surface area contributed by atoms with Crippen molar-refractivity contribution in [1.29, 1.82) is 0 Å². The normalized spacial score (nSPS) is 12.0. The zero-order valence-electron chi connectivity index (χ0n) is 12.5. The monoisotopic (exact) mass is 303 g/mol. The molecule has 0 saturated carbocycles. The van der Waals surface area contributed by atoms with Crippen LogP contribution in [0, 0.1) is 0 Å². The molecule has 0 aromatic carbocycles. The van der Waals surface area contributed by atoms with Crippen LogP contribution in [-0.2, 0) is 9.59 Å². The van der Waals surface area contributed by atoms with Gasteiger partial charge < -0.3 is 26.2 Å². The third-order valence-corrected chi connectivity index (χ3v) is 3.26. The molecule has 0 saturated heterocycles. The quantitative estimate of drug-likeness (QED) is 0.447. The molecule has 1 atom stereocenters. The number of rotatable bonds is 10. The average molecular weight is 303 g/mol. The van der Waals surface area contributed by atoms with Crippen molar-refractivity contribution in [3.05, 3.63) is 0 Å². The molecule has 0 unspecified atom stereocenters. The Morgan fingerprint density at radius 3 is 2.19 bits per heavy atom. The fourth-order valence-electron chi connectivity index (χ4n) is 2.06. The molecule has 0 rings (SSSR count). The lowest BCUT2D eigenvalue weighted by molar-refractivity contribution is -0.139. The predicted octanol–water partition coefficient (Wildman–Crippen LogP) is -0.102. The van der Waals surface area contributed by atoms with E-state index < -0.39 is 23.9 Å². The first-order valence-electron chi connectivity index (χ1n) is 7.06. The first kappa shape index (κ1) is 19.2. The van der Waals surface area contributed by atoms with Gasteiger partial charge in [-0.3, -0.25) is 4.79 Å². The second-order valence-electron chi connectivity index (χ2n) is 4.73. The summed E-state index contributed by atoms with van der Waals surface area (Å²) in [5.41, 5.74) is 4.98. The smallest absolute Gasteiger partial charge is 0.326 e. The number of urea groups is 1. The first-order chi connectivity index (χ1) is 9.87. The number of carboxylic acid groups (broad SMARTS) is 1. The molecule has 0 aliphatic heterocycles. The highest BCUT2D eigenvalue weighted by molar-refractivity contribution is 5.83. The highest BCUT2D eigenvalue weighted by atomic mass is 16.4. The number of carbonyl (C=O) groups excluding carboxylic acids is 2. The number of nitrogens with one attached hydrogen (secondary N) is 1. The van der Waals surface area contributed by atoms with E-state index in [4.69, 9.17) is 15.9 Å². The molecule has 122 valence electrons. The van der Waals surface area contributed by atoms with Gasteiger partial charge >= 0.3 is 12.0 Å². The Labute approximate surface area is 124 Å². The van der Waals surface area contributed by atoms with Crippen LogP contribution in [0.3, 0.4) is 0 Å². The Bertz CT molecular complexity index is 358. The molecule has 8 nitrogen and oxygen atoms in total. The zero-order chi connectivity index (χ0) is 16.4. The molecule has 5 N–H and O–H groups in total. The summed E-state index contributed by atoms with van der Waals surface area (Å²) in [6, 6.07) is -1.82. The van der Waals surface area contributed by atoms with Crippen LogP contribution >= 0.6 is 0 Å². The summed E-state index contributed by atoms with van der Waals surface area (Å²) in [5, 5.41) is 20.5. The van der Waals surface area contributed by atoms with Crippen molar-refractivity contribution in [2.75, 3.05) is 13.2 Å². The van der Waals surface area contributed by atoms with Gasteiger partial charge in [0.15, 0.2) is 0 Å². The van der Waals surface area contributed by atoms with Gasteiger partial charge in [-0.05, 0) is 19.3 Å². The lowest BCUT2D eigenvalue weighted by Crippen LogP contribution is -2.52. The molecule has 0 aromatic heterocycles. The van der Waals surface area contributed by atoms with Crippen molar-refractivity contribution in [3.8, 4) is 0 Å². The standard InChI is InChI=1S/C13H25N3O5/c1-3-9(4-2)16(7-8-17)13(21)15-10(12(19)20)5-6-11(14)18/h9-10,17H,3-8H2,1-2H3,(H2,14,18)(H,15,21)(H,19,20)/t10-/m1/s1. The lowest BCUT2D eigenvalue weighted by Gasteiger charge is -2.31. The zero-order valence-corrected chi connectivity index (χ0v) is 12.5. The van der Waals surface area contributed by atoms with E-state index in [-0.39, 0.29) is 32.0 Å². The van der Waals surface area contributed by atoms with Gasteiger partial charge in [-0.15, -0.1) is 0 Å². The summed E-state index contributed by atoms with van der Waals surface area (Å²) in [5.74, 6) is -1.85. The SMILES string of the molecule is CCC(CC)N(CCO)C(=O)N[C@H](CCC(N)=O)C(=O)O. The number of hydrogen-bond acceptors (Lipinski definition) is 4.